The van der Waals surface area contributed by atoms with Crippen LogP contribution in [-0.2, 0) is 0 Å². The van der Waals surface area contributed by atoms with Crippen molar-refractivity contribution in [1.82, 2.24) is 15.0 Å². The summed E-state index contributed by atoms with van der Waals surface area (Å²) >= 11 is 0. The topological polar surface area (TPSA) is 103 Å². The van der Waals surface area contributed by atoms with Crippen LogP contribution in [0.15, 0.2) is 15.5 Å². The minimum Gasteiger partial charge on any atom is -0.315 e. The number of hydrogen-bond acceptors (Lipinski definition) is 9. The summed E-state index contributed by atoms with van der Waals surface area (Å²) in [6, 6.07) is 0.144. The maximum Gasteiger partial charge on any atom is 0.355 e. The van der Waals surface area contributed by atoms with Gasteiger partial charge < -0.3 is 14.5 Å². The highest BCUT2D eigenvalue weighted by Gasteiger charge is 2.14. The molecule has 39 heavy (non-hydrogen) atoms. The lowest BCUT2D eigenvalue weighted by Crippen LogP contribution is -2.07. The van der Waals surface area contributed by atoms with E-state index in [-0.39, 0.29) is 18.0 Å². The highest BCUT2D eigenvalue weighted by Crippen LogP contribution is 2.21. The minimum absolute atomic E-state index is 0.0479. The predicted octanol–water partition coefficient (Wildman–Crippen LogP) is 8.48. The Bertz CT molecular complexity index is 781. The molecule has 3 aliphatic rings. The second kappa shape index (κ2) is 17.9. The van der Waals surface area contributed by atoms with Gasteiger partial charge in [-0.25, -0.2) is 0 Å². The molecule has 9 heteroatoms. The van der Waals surface area contributed by atoms with Gasteiger partial charge in [-0.2, -0.15) is 0 Å². The zero-order chi connectivity index (χ0) is 26.8. The summed E-state index contributed by atoms with van der Waals surface area (Å²) in [6.45, 7) is 0. The highest BCUT2D eigenvalue weighted by atomic mass is 16.7. The first kappa shape index (κ1) is 29.4. The van der Waals surface area contributed by atoms with Crippen LogP contribution in [0.3, 0.4) is 0 Å². The smallest absolute Gasteiger partial charge is 0.315 e. The molecule has 216 valence electrons. The van der Waals surface area contributed by atoms with Crippen molar-refractivity contribution in [3.63, 3.8) is 0 Å². The molecule has 3 aliphatic carbocycles. The summed E-state index contributed by atoms with van der Waals surface area (Å²) in [4.78, 5) is 30.2. The van der Waals surface area contributed by atoms with Crippen molar-refractivity contribution in [2.45, 2.75) is 154 Å². The van der Waals surface area contributed by atoms with Crippen LogP contribution in [0.4, 0.5) is 0 Å². The van der Waals surface area contributed by atoms with Gasteiger partial charge in [0.25, 0.3) is 0 Å². The molecule has 0 radical (unpaired) electrons. The molecule has 0 unspecified atom stereocenters. The molecule has 1 aromatic rings. The van der Waals surface area contributed by atoms with Gasteiger partial charge in [0.2, 0.25) is 0 Å². The largest absolute Gasteiger partial charge is 0.355 e. The molecule has 0 aromatic carbocycles. The monoisotopic (exact) mass is 540 g/mol. The first-order valence-corrected chi connectivity index (χ1v) is 15.8. The standard InChI is InChI=1S/C30H48N6O3/c1-2-8-14-20-25(19-13-7-1)34-37-28-31-29(38-35-26-21-15-9-3-4-10-16-22-26)33-30(32-28)39-36-27-23-17-11-5-6-12-18-24-27/h1-24H2. The predicted molar refractivity (Wildman–Crippen MR) is 155 cm³/mol. The first-order chi connectivity index (χ1) is 19.3. The summed E-state index contributed by atoms with van der Waals surface area (Å²) in [6.07, 6.45) is 27.7. The third-order valence-electron chi connectivity index (χ3n) is 7.89. The van der Waals surface area contributed by atoms with Crippen molar-refractivity contribution >= 4 is 17.1 Å². The molecule has 4 rings (SSSR count). The summed E-state index contributed by atoms with van der Waals surface area (Å²) in [7, 11) is 0. The van der Waals surface area contributed by atoms with Crippen LogP contribution >= 0.6 is 0 Å². The lowest BCUT2D eigenvalue weighted by Gasteiger charge is -2.07. The summed E-state index contributed by atoms with van der Waals surface area (Å²) in [5.41, 5.74) is 3.16. The van der Waals surface area contributed by atoms with E-state index in [4.69, 9.17) is 14.5 Å². The lowest BCUT2D eigenvalue weighted by atomic mass is 10.1. The molecule has 3 saturated carbocycles. The normalized spacial score (nSPS) is 20.8. The van der Waals surface area contributed by atoms with Crippen LogP contribution < -0.4 is 14.5 Å². The van der Waals surface area contributed by atoms with Gasteiger partial charge in [-0.15, -0.1) is 15.0 Å². The average molecular weight is 541 g/mol. The second-order valence-electron chi connectivity index (χ2n) is 11.3. The van der Waals surface area contributed by atoms with Crippen molar-refractivity contribution in [2.75, 3.05) is 0 Å². The zero-order valence-electron chi connectivity index (χ0n) is 23.9. The van der Waals surface area contributed by atoms with Crippen molar-refractivity contribution < 1.29 is 14.5 Å². The Morgan fingerprint density at radius 2 is 0.513 bits per heavy atom. The van der Waals surface area contributed by atoms with E-state index in [2.05, 4.69) is 30.4 Å². The zero-order valence-corrected chi connectivity index (χ0v) is 23.9. The highest BCUT2D eigenvalue weighted by molar-refractivity contribution is 5.84. The van der Waals surface area contributed by atoms with Crippen LogP contribution in [0, 0.1) is 0 Å². The second-order valence-corrected chi connectivity index (χ2v) is 11.3. The van der Waals surface area contributed by atoms with Gasteiger partial charge in [0.15, 0.2) is 0 Å². The van der Waals surface area contributed by atoms with Crippen LogP contribution in [0.25, 0.3) is 0 Å². The Kier molecular flexibility index (Phi) is 13.5. The van der Waals surface area contributed by atoms with E-state index in [1.807, 2.05) is 0 Å². The molecule has 1 heterocycles. The first-order valence-electron chi connectivity index (χ1n) is 15.8. The fourth-order valence-corrected chi connectivity index (χ4v) is 5.50. The molecule has 0 aliphatic heterocycles. The Morgan fingerprint density at radius 1 is 0.308 bits per heavy atom. The van der Waals surface area contributed by atoms with Gasteiger partial charge in [-0.3, -0.25) is 0 Å². The Balaban J connectivity index is 1.48. The van der Waals surface area contributed by atoms with E-state index < -0.39 is 0 Å². The third kappa shape index (κ3) is 12.0. The molecule has 3 fully saturated rings. The van der Waals surface area contributed by atoms with Gasteiger partial charge in [-0.05, 0) is 77.0 Å². The van der Waals surface area contributed by atoms with Gasteiger partial charge >= 0.3 is 18.0 Å². The molecule has 0 amide bonds. The number of oxime groups is 3. The molecule has 0 N–H and O–H groups in total. The Labute approximate surface area is 234 Å². The Morgan fingerprint density at radius 3 is 0.744 bits per heavy atom. The molecule has 1 aromatic heterocycles. The maximum absolute atomic E-state index is 5.72. The fourth-order valence-electron chi connectivity index (χ4n) is 5.50. The van der Waals surface area contributed by atoms with E-state index in [0.29, 0.717) is 0 Å². The molecule has 0 bridgehead atoms. The number of hydrogen-bond donors (Lipinski definition) is 0. The molecular formula is C30H48N6O3. The van der Waals surface area contributed by atoms with Gasteiger partial charge in [0.05, 0.1) is 17.1 Å². The molecule has 0 saturated heterocycles. The number of aromatic nitrogens is 3. The van der Waals surface area contributed by atoms with Crippen LogP contribution in [0.1, 0.15) is 154 Å². The van der Waals surface area contributed by atoms with Crippen LogP contribution in [0.5, 0.6) is 18.0 Å². The molecule has 0 atom stereocenters. The number of nitrogens with zero attached hydrogens (tertiary/aromatic N) is 6. The van der Waals surface area contributed by atoms with Gasteiger partial charge in [0.1, 0.15) is 0 Å². The van der Waals surface area contributed by atoms with E-state index in [9.17, 15) is 0 Å². The molecular weight excluding hydrogens is 492 g/mol. The van der Waals surface area contributed by atoms with Crippen molar-refractivity contribution in [3.05, 3.63) is 0 Å². The van der Waals surface area contributed by atoms with E-state index in [1.165, 1.54) is 77.0 Å². The average Bonchev–Trinajstić information content (AvgIpc) is 3.25. The summed E-state index contributed by atoms with van der Waals surface area (Å²) < 4.78 is 0. The van der Waals surface area contributed by atoms with Crippen LogP contribution in [0.2, 0.25) is 0 Å². The van der Waals surface area contributed by atoms with Crippen molar-refractivity contribution in [3.8, 4) is 18.0 Å². The SMILES string of the molecule is C1CCCCC(=NOc2nc(ON=C3CCCCCCCC3)nc(ON=C3CCCCCCCC3)n2)CCC1. The number of rotatable bonds is 6. The third-order valence-corrected chi connectivity index (χ3v) is 7.89. The maximum atomic E-state index is 5.72. The summed E-state index contributed by atoms with van der Waals surface area (Å²) in [5, 5.41) is 13.3. The minimum atomic E-state index is 0.0479. The Hall–Kier alpha value is -2.58. The molecule has 0 spiro atoms. The van der Waals surface area contributed by atoms with Crippen molar-refractivity contribution in [1.29, 1.82) is 0 Å². The lowest BCUT2D eigenvalue weighted by molar-refractivity contribution is 0.247. The summed E-state index contributed by atoms with van der Waals surface area (Å²) in [5.74, 6) is 0. The fraction of sp³-hybridized carbons (Fsp3) is 0.800. The van der Waals surface area contributed by atoms with E-state index >= 15 is 0 Å². The quantitative estimate of drug-likeness (QED) is 0.335. The van der Waals surface area contributed by atoms with Gasteiger partial charge in [-0.1, -0.05) is 92.5 Å². The van der Waals surface area contributed by atoms with Crippen molar-refractivity contribution in [2.24, 2.45) is 15.5 Å². The van der Waals surface area contributed by atoms with E-state index in [0.717, 1.165) is 94.2 Å². The molecule has 9 nitrogen and oxygen atoms in total. The van der Waals surface area contributed by atoms with Crippen LogP contribution in [-0.4, -0.2) is 32.1 Å². The van der Waals surface area contributed by atoms with Gasteiger partial charge in [0, 0.05) is 0 Å². The van der Waals surface area contributed by atoms with E-state index in [1.54, 1.807) is 0 Å².